The molecule has 1 aromatic heterocycles. The van der Waals surface area contributed by atoms with Gasteiger partial charge in [-0.05, 0) is 48.6 Å². The van der Waals surface area contributed by atoms with Crippen molar-refractivity contribution < 1.29 is 24.1 Å². The summed E-state index contributed by atoms with van der Waals surface area (Å²) in [6, 6.07) is 11.5. The lowest BCUT2D eigenvalue weighted by molar-refractivity contribution is 0.127. The maximum atomic E-state index is 11.1. The van der Waals surface area contributed by atoms with E-state index < -0.39 is 6.09 Å². The molecule has 0 saturated heterocycles. The van der Waals surface area contributed by atoms with Gasteiger partial charge in [0.2, 0.25) is 0 Å². The van der Waals surface area contributed by atoms with Crippen molar-refractivity contribution in [3.63, 3.8) is 0 Å². The molecule has 0 aliphatic carbocycles. The molecule has 8 nitrogen and oxygen atoms in total. The van der Waals surface area contributed by atoms with E-state index in [9.17, 15) is 4.79 Å². The number of carbonyl (C=O) groups is 1. The number of benzene rings is 2. The average molecular weight is 486 g/mol. The van der Waals surface area contributed by atoms with Crippen LogP contribution < -0.4 is 20.1 Å². The Balaban J connectivity index is 1.33. The topological polar surface area (TPSA) is 102 Å². The maximum Gasteiger partial charge on any atom is 0.406 e. The van der Waals surface area contributed by atoms with Gasteiger partial charge in [-0.2, -0.15) is 0 Å². The zero-order valence-electron chi connectivity index (χ0n) is 17.9. The SMILES string of the molecule is CNC(=O)OCCOc1ccc2c(c1)SC(=CC=Cc1nc3ccc(OCCO)cc3s1)N2. The summed E-state index contributed by atoms with van der Waals surface area (Å²) in [4.78, 5) is 16.7. The van der Waals surface area contributed by atoms with E-state index in [0.29, 0.717) is 0 Å². The van der Waals surface area contributed by atoms with Crippen LogP contribution in [0.3, 0.4) is 0 Å². The van der Waals surface area contributed by atoms with Crippen LogP contribution in [0.25, 0.3) is 16.3 Å². The van der Waals surface area contributed by atoms with Crippen LogP contribution in [-0.4, -0.2) is 49.7 Å². The summed E-state index contributed by atoms with van der Waals surface area (Å²) in [5.41, 5.74) is 1.93. The van der Waals surface area contributed by atoms with Crippen LogP contribution in [-0.2, 0) is 4.74 Å². The highest BCUT2D eigenvalue weighted by molar-refractivity contribution is 8.03. The van der Waals surface area contributed by atoms with E-state index in [-0.39, 0.29) is 26.4 Å². The number of hydrogen-bond acceptors (Lipinski definition) is 9. The number of carbonyl (C=O) groups excluding carboxylic acids is 1. The Morgan fingerprint density at radius 1 is 1.15 bits per heavy atom. The summed E-state index contributed by atoms with van der Waals surface area (Å²) in [5, 5.41) is 16.6. The van der Waals surface area contributed by atoms with Crippen LogP contribution >= 0.6 is 23.1 Å². The molecule has 0 saturated carbocycles. The fourth-order valence-corrected chi connectivity index (χ4v) is 4.82. The number of ether oxygens (including phenoxy) is 3. The fraction of sp³-hybridized carbons (Fsp3) is 0.217. The van der Waals surface area contributed by atoms with Crippen molar-refractivity contribution >= 4 is 51.2 Å². The van der Waals surface area contributed by atoms with Gasteiger partial charge in [-0.3, -0.25) is 0 Å². The van der Waals surface area contributed by atoms with Gasteiger partial charge in [0, 0.05) is 11.9 Å². The Hall–Kier alpha value is -3.21. The zero-order chi connectivity index (χ0) is 23.0. The van der Waals surface area contributed by atoms with Crippen molar-refractivity contribution in [3.05, 3.63) is 58.6 Å². The Morgan fingerprint density at radius 2 is 1.97 bits per heavy atom. The van der Waals surface area contributed by atoms with E-state index in [4.69, 9.17) is 19.3 Å². The molecule has 0 unspecified atom stereocenters. The fourth-order valence-electron chi connectivity index (χ4n) is 2.96. The van der Waals surface area contributed by atoms with Gasteiger partial charge in [0.25, 0.3) is 0 Å². The minimum absolute atomic E-state index is 0.0122. The number of nitrogens with zero attached hydrogens (tertiary/aromatic N) is 1. The van der Waals surface area contributed by atoms with Gasteiger partial charge in [0.1, 0.15) is 36.3 Å². The molecule has 1 aliphatic rings. The number of alkyl carbamates (subject to hydrolysis) is 1. The van der Waals surface area contributed by atoms with Gasteiger partial charge < -0.3 is 30.0 Å². The second kappa shape index (κ2) is 11.1. The summed E-state index contributed by atoms with van der Waals surface area (Å²) in [5.74, 6) is 1.45. The Kier molecular flexibility index (Phi) is 7.71. The van der Waals surface area contributed by atoms with Crippen molar-refractivity contribution in [2.45, 2.75) is 4.90 Å². The summed E-state index contributed by atoms with van der Waals surface area (Å²) >= 11 is 3.20. The summed E-state index contributed by atoms with van der Waals surface area (Å²) < 4.78 is 17.1. The van der Waals surface area contributed by atoms with Crippen molar-refractivity contribution in [1.29, 1.82) is 0 Å². The van der Waals surface area contributed by atoms with Crippen LogP contribution in [0.1, 0.15) is 5.01 Å². The minimum Gasteiger partial charge on any atom is -0.491 e. The number of aliphatic hydroxyl groups excluding tert-OH is 1. The minimum atomic E-state index is -0.474. The lowest BCUT2D eigenvalue weighted by Crippen LogP contribution is -2.21. The Bertz CT molecular complexity index is 1190. The molecule has 3 N–H and O–H groups in total. The number of allylic oxidation sites excluding steroid dienone is 2. The van der Waals surface area contributed by atoms with Crippen molar-refractivity contribution in [1.82, 2.24) is 10.3 Å². The molecule has 1 aliphatic heterocycles. The first-order chi connectivity index (χ1) is 16.1. The van der Waals surface area contributed by atoms with E-state index in [1.807, 2.05) is 54.6 Å². The number of aliphatic hydroxyl groups is 1. The van der Waals surface area contributed by atoms with Gasteiger partial charge in [-0.1, -0.05) is 17.8 Å². The number of thiazole rings is 1. The highest BCUT2D eigenvalue weighted by Gasteiger charge is 2.16. The maximum absolute atomic E-state index is 11.1. The first-order valence-electron chi connectivity index (χ1n) is 10.2. The van der Waals surface area contributed by atoms with E-state index in [2.05, 4.69) is 15.6 Å². The standard InChI is InChI=1S/C23H23N3O5S2/c1-24-23(28)31-12-11-30-16-6-8-18-20(14-16)33-22(26-18)4-2-3-21-25-17-7-5-15(29-10-9-27)13-19(17)32-21/h2-8,13-14,26-27H,9-12H2,1H3,(H,24,28). The number of fused-ring (bicyclic) bond motifs is 2. The van der Waals surface area contributed by atoms with E-state index in [1.165, 1.54) is 7.05 Å². The van der Waals surface area contributed by atoms with E-state index in [0.717, 1.165) is 42.3 Å². The normalized spacial score (nSPS) is 13.8. The molecule has 1 amide bonds. The molecule has 0 radical (unpaired) electrons. The molecular formula is C23H23N3O5S2. The molecule has 0 atom stereocenters. The number of hydrogen-bond donors (Lipinski definition) is 3. The molecule has 0 spiro atoms. The highest BCUT2D eigenvalue weighted by atomic mass is 32.2. The second-order valence-electron chi connectivity index (χ2n) is 6.76. The second-order valence-corrected chi connectivity index (χ2v) is 8.91. The molecule has 0 fully saturated rings. The predicted molar refractivity (Wildman–Crippen MR) is 131 cm³/mol. The van der Waals surface area contributed by atoms with Gasteiger partial charge in [-0.15, -0.1) is 11.3 Å². The van der Waals surface area contributed by atoms with Crippen molar-refractivity contribution in [2.24, 2.45) is 0 Å². The van der Waals surface area contributed by atoms with Gasteiger partial charge in [0.05, 0.1) is 27.5 Å². The quantitative estimate of drug-likeness (QED) is 0.382. The van der Waals surface area contributed by atoms with Crippen LogP contribution in [0.15, 0.2) is 58.5 Å². The number of nitrogens with one attached hydrogen (secondary N) is 2. The van der Waals surface area contributed by atoms with Gasteiger partial charge in [-0.25, -0.2) is 9.78 Å². The monoisotopic (exact) mass is 485 g/mol. The molecule has 2 aromatic carbocycles. The molecule has 33 heavy (non-hydrogen) atoms. The molecule has 0 bridgehead atoms. The predicted octanol–water partition coefficient (Wildman–Crippen LogP) is 4.47. The lowest BCUT2D eigenvalue weighted by atomic mass is 10.3. The van der Waals surface area contributed by atoms with Gasteiger partial charge in [0.15, 0.2) is 0 Å². The summed E-state index contributed by atoms with van der Waals surface area (Å²) in [6.07, 6.45) is 5.47. The Morgan fingerprint density at radius 3 is 2.82 bits per heavy atom. The number of aromatic nitrogens is 1. The number of rotatable bonds is 9. The van der Waals surface area contributed by atoms with Crippen LogP contribution in [0.5, 0.6) is 11.5 Å². The van der Waals surface area contributed by atoms with Gasteiger partial charge >= 0.3 is 6.09 Å². The molecule has 172 valence electrons. The largest absolute Gasteiger partial charge is 0.491 e. The Labute approximate surface area is 199 Å². The third kappa shape index (κ3) is 6.19. The van der Waals surface area contributed by atoms with E-state index >= 15 is 0 Å². The summed E-state index contributed by atoms with van der Waals surface area (Å²) in [6.45, 7) is 0.729. The first kappa shape index (κ1) is 23.0. The average Bonchev–Trinajstić information content (AvgIpc) is 3.42. The smallest absolute Gasteiger partial charge is 0.406 e. The molecule has 4 rings (SSSR count). The van der Waals surface area contributed by atoms with Crippen molar-refractivity contribution in [3.8, 4) is 11.5 Å². The molecule has 10 heteroatoms. The number of anilines is 1. The molecular weight excluding hydrogens is 462 g/mol. The third-order valence-corrected chi connectivity index (χ3v) is 6.44. The third-order valence-electron chi connectivity index (χ3n) is 4.44. The van der Waals surface area contributed by atoms with Crippen LogP contribution in [0.2, 0.25) is 0 Å². The van der Waals surface area contributed by atoms with Crippen molar-refractivity contribution in [2.75, 3.05) is 38.8 Å². The molecule has 2 heterocycles. The molecule has 3 aromatic rings. The van der Waals surface area contributed by atoms with Crippen LogP contribution in [0, 0.1) is 0 Å². The number of amides is 1. The zero-order valence-corrected chi connectivity index (χ0v) is 19.5. The summed E-state index contributed by atoms with van der Waals surface area (Å²) in [7, 11) is 1.51. The first-order valence-corrected chi connectivity index (χ1v) is 11.9. The van der Waals surface area contributed by atoms with Crippen LogP contribution in [0.4, 0.5) is 10.5 Å². The van der Waals surface area contributed by atoms with E-state index in [1.54, 1.807) is 23.1 Å². The highest BCUT2D eigenvalue weighted by Crippen LogP contribution is 2.42. The lowest BCUT2D eigenvalue weighted by Gasteiger charge is -2.08. The number of thioether (sulfide) groups is 1.